The van der Waals surface area contributed by atoms with Gasteiger partial charge in [-0.05, 0) is 12.1 Å². The third-order valence-electron chi connectivity index (χ3n) is 2.91. The molecule has 88 valence electrons. The molecule has 1 atom stereocenters. The predicted octanol–water partition coefficient (Wildman–Crippen LogP) is 1.54. The number of benzene rings is 1. The van der Waals surface area contributed by atoms with Crippen molar-refractivity contribution in [3.05, 3.63) is 42.5 Å². The van der Waals surface area contributed by atoms with Crippen LogP contribution in [0.1, 0.15) is 5.69 Å². The van der Waals surface area contributed by atoms with Crippen LogP contribution in [-0.2, 0) is 17.3 Å². The lowest BCUT2D eigenvalue weighted by atomic mass is 10.2. The third kappa shape index (κ3) is 1.98. The van der Waals surface area contributed by atoms with E-state index in [1.54, 1.807) is 6.33 Å². The first kappa shape index (κ1) is 10.5. The lowest BCUT2D eigenvalue weighted by Crippen LogP contribution is -2.32. The number of aromatic nitrogens is 2. The van der Waals surface area contributed by atoms with Crippen molar-refractivity contribution in [2.24, 2.45) is 0 Å². The van der Waals surface area contributed by atoms with Crippen LogP contribution in [0.4, 0.5) is 5.69 Å². The molecule has 0 aliphatic carbocycles. The monoisotopic (exact) mass is 247 g/mol. The van der Waals surface area contributed by atoms with Crippen LogP contribution in [0.3, 0.4) is 0 Å². The molecule has 0 bridgehead atoms. The number of anilines is 1. The predicted molar refractivity (Wildman–Crippen MR) is 67.4 cm³/mol. The van der Waals surface area contributed by atoms with Crippen molar-refractivity contribution in [2.75, 3.05) is 17.2 Å². The lowest BCUT2D eigenvalue weighted by Gasteiger charge is -2.30. The van der Waals surface area contributed by atoms with Gasteiger partial charge >= 0.3 is 0 Å². The molecule has 1 unspecified atom stereocenters. The number of rotatable bonds is 2. The van der Waals surface area contributed by atoms with Crippen molar-refractivity contribution >= 4 is 16.5 Å². The molecule has 1 aliphatic rings. The summed E-state index contributed by atoms with van der Waals surface area (Å²) in [6.07, 6.45) is 3.51. The van der Waals surface area contributed by atoms with Gasteiger partial charge in [0.05, 0.1) is 39.9 Å². The highest BCUT2D eigenvalue weighted by Crippen LogP contribution is 2.28. The van der Waals surface area contributed by atoms with E-state index in [-0.39, 0.29) is 0 Å². The molecule has 1 aliphatic heterocycles. The second-order valence-electron chi connectivity index (χ2n) is 4.02. The highest BCUT2D eigenvalue weighted by atomic mass is 32.2. The molecule has 4 nitrogen and oxygen atoms in total. The average molecular weight is 247 g/mol. The number of nitrogens with zero attached hydrogens (tertiary/aromatic N) is 2. The molecule has 2 aromatic rings. The molecular weight excluding hydrogens is 234 g/mol. The zero-order valence-electron chi connectivity index (χ0n) is 9.30. The molecule has 0 saturated heterocycles. The fourth-order valence-corrected chi connectivity index (χ4v) is 3.34. The maximum absolute atomic E-state index is 11.9. The Morgan fingerprint density at radius 3 is 3.12 bits per heavy atom. The SMILES string of the molecule is O=S1CCN(Cc2cnc[nH]2)c2ccccc21. The van der Waals surface area contributed by atoms with Crippen LogP contribution in [0.2, 0.25) is 0 Å². The molecule has 5 heteroatoms. The number of fused-ring (bicyclic) bond motifs is 1. The molecule has 17 heavy (non-hydrogen) atoms. The van der Waals surface area contributed by atoms with Crippen molar-refractivity contribution in [1.82, 2.24) is 9.97 Å². The highest BCUT2D eigenvalue weighted by molar-refractivity contribution is 7.85. The molecule has 1 N–H and O–H groups in total. The largest absolute Gasteiger partial charge is 0.364 e. The van der Waals surface area contributed by atoms with Crippen molar-refractivity contribution in [3.63, 3.8) is 0 Å². The Hall–Kier alpha value is -1.62. The minimum absolute atomic E-state index is 0.700. The highest BCUT2D eigenvalue weighted by Gasteiger charge is 2.21. The second kappa shape index (κ2) is 4.33. The van der Waals surface area contributed by atoms with Gasteiger partial charge in [0.15, 0.2) is 0 Å². The quantitative estimate of drug-likeness (QED) is 0.875. The lowest BCUT2D eigenvalue weighted by molar-refractivity contribution is 0.674. The molecule has 1 aromatic heterocycles. The van der Waals surface area contributed by atoms with Gasteiger partial charge in [-0.15, -0.1) is 0 Å². The summed E-state index contributed by atoms with van der Waals surface area (Å²) in [4.78, 5) is 10.3. The number of nitrogens with one attached hydrogen (secondary N) is 1. The van der Waals surface area contributed by atoms with E-state index < -0.39 is 10.8 Å². The van der Waals surface area contributed by atoms with Crippen LogP contribution in [0.25, 0.3) is 0 Å². The Kier molecular flexibility index (Phi) is 2.68. The van der Waals surface area contributed by atoms with Crippen molar-refractivity contribution in [1.29, 1.82) is 0 Å². The molecular formula is C12H13N3OS. The molecule has 0 amide bonds. The first-order chi connectivity index (χ1) is 8.34. The molecule has 1 aromatic carbocycles. The summed E-state index contributed by atoms with van der Waals surface area (Å²) in [6, 6.07) is 7.91. The van der Waals surface area contributed by atoms with Gasteiger partial charge in [-0.25, -0.2) is 4.98 Å². The summed E-state index contributed by atoms with van der Waals surface area (Å²) >= 11 is 0. The number of hydrogen-bond donors (Lipinski definition) is 1. The normalized spacial score (nSPS) is 19.1. The zero-order chi connectivity index (χ0) is 11.7. The molecule has 0 fully saturated rings. The van der Waals surface area contributed by atoms with Gasteiger partial charge < -0.3 is 9.88 Å². The van der Waals surface area contributed by atoms with Crippen molar-refractivity contribution in [3.8, 4) is 0 Å². The van der Waals surface area contributed by atoms with Gasteiger partial charge in [0.2, 0.25) is 0 Å². The van der Waals surface area contributed by atoms with Crippen LogP contribution in [-0.4, -0.2) is 26.5 Å². The summed E-state index contributed by atoms with van der Waals surface area (Å²) in [5.41, 5.74) is 2.15. The van der Waals surface area contributed by atoms with Gasteiger partial charge in [0, 0.05) is 18.5 Å². The molecule has 3 rings (SSSR count). The van der Waals surface area contributed by atoms with E-state index >= 15 is 0 Å². The fraction of sp³-hybridized carbons (Fsp3) is 0.250. The van der Waals surface area contributed by atoms with E-state index in [9.17, 15) is 4.21 Å². The first-order valence-electron chi connectivity index (χ1n) is 5.54. The number of H-pyrrole nitrogens is 1. The Morgan fingerprint density at radius 2 is 2.29 bits per heavy atom. The van der Waals surface area contributed by atoms with E-state index in [4.69, 9.17) is 0 Å². The number of para-hydroxylation sites is 1. The zero-order valence-corrected chi connectivity index (χ0v) is 10.1. The third-order valence-corrected chi connectivity index (χ3v) is 4.30. The number of imidazole rings is 1. The maximum Gasteiger partial charge on any atom is 0.0922 e. The van der Waals surface area contributed by atoms with Crippen molar-refractivity contribution < 1.29 is 4.21 Å². The Labute approximate surface area is 102 Å². The topological polar surface area (TPSA) is 49.0 Å². The minimum Gasteiger partial charge on any atom is -0.364 e. The van der Waals surface area contributed by atoms with Gasteiger partial charge in [0.25, 0.3) is 0 Å². The number of hydrogen-bond acceptors (Lipinski definition) is 3. The van der Waals surface area contributed by atoms with Crippen LogP contribution < -0.4 is 4.90 Å². The van der Waals surface area contributed by atoms with Crippen molar-refractivity contribution in [2.45, 2.75) is 11.4 Å². The van der Waals surface area contributed by atoms with E-state index in [2.05, 4.69) is 14.9 Å². The summed E-state index contributed by atoms with van der Waals surface area (Å²) in [5.74, 6) is 0.700. The minimum atomic E-state index is -0.852. The maximum atomic E-state index is 11.9. The first-order valence-corrected chi connectivity index (χ1v) is 6.86. The van der Waals surface area contributed by atoms with Gasteiger partial charge in [-0.2, -0.15) is 0 Å². The summed E-state index contributed by atoms with van der Waals surface area (Å²) in [6.45, 7) is 1.61. The second-order valence-corrected chi connectivity index (χ2v) is 5.55. The Morgan fingerprint density at radius 1 is 1.41 bits per heavy atom. The Balaban J connectivity index is 1.93. The van der Waals surface area contributed by atoms with Crippen LogP contribution in [0.15, 0.2) is 41.7 Å². The Bertz CT molecular complexity index is 538. The van der Waals surface area contributed by atoms with Crippen LogP contribution in [0, 0.1) is 0 Å². The van der Waals surface area contributed by atoms with Gasteiger partial charge in [0.1, 0.15) is 0 Å². The van der Waals surface area contributed by atoms with E-state index in [0.29, 0.717) is 5.75 Å². The van der Waals surface area contributed by atoms with Crippen LogP contribution in [0.5, 0.6) is 0 Å². The molecule has 2 heterocycles. The van der Waals surface area contributed by atoms with E-state index in [1.165, 1.54) is 0 Å². The average Bonchev–Trinajstić information content (AvgIpc) is 2.86. The smallest absolute Gasteiger partial charge is 0.0922 e. The van der Waals surface area contributed by atoms with Gasteiger partial charge in [-0.3, -0.25) is 4.21 Å². The molecule has 0 saturated carbocycles. The summed E-state index contributed by atoms with van der Waals surface area (Å²) in [7, 11) is -0.852. The summed E-state index contributed by atoms with van der Waals surface area (Å²) in [5, 5.41) is 0. The standard InChI is InChI=1S/C12H13N3OS/c16-17-6-5-15(8-10-7-13-9-14-10)11-3-1-2-4-12(11)17/h1-4,7,9H,5-6,8H2,(H,13,14). The fourth-order valence-electron chi connectivity index (χ4n) is 2.08. The molecule has 0 spiro atoms. The van der Waals surface area contributed by atoms with E-state index in [0.717, 1.165) is 29.4 Å². The summed E-state index contributed by atoms with van der Waals surface area (Å²) < 4.78 is 11.9. The van der Waals surface area contributed by atoms with E-state index in [1.807, 2.05) is 30.5 Å². The van der Waals surface area contributed by atoms with Gasteiger partial charge in [-0.1, -0.05) is 12.1 Å². The molecule has 0 radical (unpaired) electrons. The number of aromatic amines is 1. The van der Waals surface area contributed by atoms with Crippen LogP contribution >= 0.6 is 0 Å².